The summed E-state index contributed by atoms with van der Waals surface area (Å²) in [5.74, 6) is -3.31. The summed E-state index contributed by atoms with van der Waals surface area (Å²) >= 11 is 0. The van der Waals surface area contributed by atoms with Gasteiger partial charge in [0.15, 0.2) is 22.7 Å². The Hall–Kier alpha value is -1.58. The van der Waals surface area contributed by atoms with Crippen molar-refractivity contribution in [2.75, 3.05) is 6.61 Å². The van der Waals surface area contributed by atoms with Crippen LogP contribution in [0.1, 0.15) is 0 Å². The minimum atomic E-state index is -5.64. The second-order valence-electron chi connectivity index (χ2n) is 6.71. The fourth-order valence-electron chi connectivity index (χ4n) is 2.94. The minimum Gasteiger partial charge on any atom is -0.735 e. The molecule has 204 valence electrons. The molecule has 0 radical (unpaired) electrons. The maximum Gasteiger partial charge on any atom is 0.231 e. The fourth-order valence-corrected chi connectivity index (χ4v) is 4.31. The third kappa shape index (κ3) is 8.79. The zero-order valence-corrected chi connectivity index (χ0v) is 19.0. The van der Waals surface area contributed by atoms with Gasteiger partial charge in [-0.2, -0.15) is 0 Å². The first-order valence-electron chi connectivity index (χ1n) is 8.70. The van der Waals surface area contributed by atoms with Crippen molar-refractivity contribution >= 4 is 37.1 Å². The van der Waals surface area contributed by atoms with Gasteiger partial charge in [-0.1, -0.05) is 0 Å². The van der Waals surface area contributed by atoms with E-state index < -0.39 is 98.6 Å². The van der Waals surface area contributed by atoms with Crippen molar-refractivity contribution < 1.29 is 86.7 Å². The van der Waals surface area contributed by atoms with Gasteiger partial charge in [-0.15, -0.1) is 0 Å². The molecule has 4 N–H and O–H groups in total. The van der Waals surface area contributed by atoms with Gasteiger partial charge in [0.2, 0.25) is 27.1 Å². The SMILES string of the molecule is O=C([O-])C1=C[C@H](O)[C@@H](OS(=O)(=O)[O-])[C@H](O[C@H]2[C@H](O)[C@@H](NS(=O)(=O)[O-])C(O)O[C@@H]2COS(=O)(=O)[O-])O1. The lowest BCUT2D eigenvalue weighted by molar-refractivity contribution is -0.320. The molecule has 1 unspecified atom stereocenters. The lowest BCUT2D eigenvalue weighted by Gasteiger charge is -2.45. The second kappa shape index (κ2) is 10.8. The summed E-state index contributed by atoms with van der Waals surface area (Å²) in [6, 6.07) is -2.25. The van der Waals surface area contributed by atoms with Gasteiger partial charge in [-0.25, -0.2) is 30.0 Å². The number of rotatable bonds is 10. The number of aliphatic hydroxyl groups excluding tert-OH is 3. The van der Waals surface area contributed by atoms with E-state index in [0.717, 1.165) is 0 Å². The number of carbonyl (C=O) groups excluding carboxylic acids is 1. The molecule has 20 nitrogen and oxygen atoms in total. The maximum atomic E-state index is 11.1. The number of nitrogens with one attached hydrogen (secondary N) is 1. The molecule has 1 fully saturated rings. The molecule has 0 aromatic carbocycles. The van der Waals surface area contributed by atoms with Crippen LogP contribution in [-0.4, -0.2) is 116 Å². The Bertz CT molecular complexity index is 1130. The van der Waals surface area contributed by atoms with E-state index in [1.54, 1.807) is 0 Å². The summed E-state index contributed by atoms with van der Waals surface area (Å²) in [6.45, 7) is -1.36. The Morgan fingerprint density at radius 1 is 1.03 bits per heavy atom. The first kappa shape index (κ1) is 29.6. The quantitative estimate of drug-likeness (QED) is 0.139. The molecule has 8 atom stereocenters. The Labute approximate surface area is 196 Å². The Morgan fingerprint density at radius 2 is 1.63 bits per heavy atom. The topological polar surface area (TPSA) is 331 Å². The molecule has 0 aliphatic carbocycles. The van der Waals surface area contributed by atoms with Crippen molar-refractivity contribution in [2.45, 2.75) is 49.1 Å². The van der Waals surface area contributed by atoms with E-state index in [1.807, 2.05) is 0 Å². The summed E-state index contributed by atoms with van der Waals surface area (Å²) in [6.07, 6.45) is -15.9. The van der Waals surface area contributed by atoms with E-state index in [9.17, 15) is 64.1 Å². The average molecular weight is 573 g/mol. The van der Waals surface area contributed by atoms with Crippen LogP contribution in [0, 0.1) is 0 Å². The molecule has 35 heavy (non-hydrogen) atoms. The Morgan fingerprint density at radius 3 is 2.11 bits per heavy atom. The van der Waals surface area contributed by atoms with E-state index in [-0.39, 0.29) is 0 Å². The minimum absolute atomic E-state index is 0.335. The third-order valence-corrected chi connectivity index (χ3v) is 5.68. The monoisotopic (exact) mass is 573 g/mol. The molecule has 0 spiro atoms. The highest BCUT2D eigenvalue weighted by molar-refractivity contribution is 7.83. The molecule has 2 aliphatic rings. The first-order valence-corrected chi connectivity index (χ1v) is 12.8. The van der Waals surface area contributed by atoms with E-state index in [1.165, 1.54) is 4.72 Å². The van der Waals surface area contributed by atoms with Crippen LogP contribution in [0.5, 0.6) is 0 Å². The van der Waals surface area contributed by atoms with Gasteiger partial charge in [-0.3, -0.25) is 8.37 Å². The van der Waals surface area contributed by atoms with Gasteiger partial charge in [0.25, 0.3) is 0 Å². The van der Waals surface area contributed by atoms with Crippen molar-refractivity contribution in [1.82, 2.24) is 4.72 Å². The summed E-state index contributed by atoms with van der Waals surface area (Å²) in [7, 11) is -16.5. The molecule has 2 rings (SSSR count). The van der Waals surface area contributed by atoms with Crippen molar-refractivity contribution in [1.29, 1.82) is 0 Å². The van der Waals surface area contributed by atoms with E-state index >= 15 is 0 Å². The van der Waals surface area contributed by atoms with Crippen LogP contribution in [-0.2, 0) is 58.5 Å². The highest BCUT2D eigenvalue weighted by Gasteiger charge is 2.50. The summed E-state index contributed by atoms with van der Waals surface area (Å²) in [5, 5.41) is 41.4. The van der Waals surface area contributed by atoms with Crippen LogP contribution in [0.3, 0.4) is 0 Å². The van der Waals surface area contributed by atoms with Gasteiger partial charge < -0.3 is 53.1 Å². The second-order valence-corrected chi connectivity index (χ2v) is 9.92. The van der Waals surface area contributed by atoms with E-state index in [2.05, 4.69) is 8.37 Å². The van der Waals surface area contributed by atoms with Gasteiger partial charge in [0.1, 0.15) is 42.2 Å². The molecule has 0 aromatic heterocycles. The van der Waals surface area contributed by atoms with E-state index in [0.29, 0.717) is 6.08 Å². The number of aliphatic hydroxyl groups is 3. The zero-order valence-electron chi connectivity index (χ0n) is 16.5. The van der Waals surface area contributed by atoms with E-state index in [4.69, 9.17) is 14.2 Å². The molecular formula is C12H15NO19S3-4. The van der Waals surface area contributed by atoms with Gasteiger partial charge in [0, 0.05) is 0 Å². The summed E-state index contributed by atoms with van der Waals surface area (Å²) in [5.41, 5.74) is 0. The standard InChI is InChI=1S/C12H19NO19S3/c14-3-1-4(10(16)17)30-12(8(3)32-35(25,26)27)31-9-5(2-28-34(22,23)24)29-11(18)6(7(9)15)13-33(19,20)21/h1,3,5-9,11-15,18H,2H2,(H,16,17)(H,19,20,21)(H,22,23,24)(H,25,26,27)/p-4/t3-,5+,6+,7+,8+,9+,11?,12-/m0/s1. The molecule has 0 saturated carbocycles. The molecule has 2 aliphatic heterocycles. The largest absolute Gasteiger partial charge is 0.735 e. The van der Waals surface area contributed by atoms with Crippen molar-refractivity contribution in [3.8, 4) is 0 Å². The molecule has 0 aromatic rings. The molecule has 0 bridgehead atoms. The van der Waals surface area contributed by atoms with Crippen LogP contribution >= 0.6 is 0 Å². The molecule has 1 saturated heterocycles. The Kier molecular flexibility index (Phi) is 9.15. The van der Waals surface area contributed by atoms with Gasteiger partial charge >= 0.3 is 0 Å². The molecule has 23 heteroatoms. The molecule has 2 heterocycles. The fraction of sp³-hybridized carbons (Fsp3) is 0.750. The number of carboxylic acids is 1. The number of ether oxygens (including phenoxy) is 3. The molecular weight excluding hydrogens is 558 g/mol. The third-order valence-electron chi connectivity index (χ3n) is 4.24. The van der Waals surface area contributed by atoms with Gasteiger partial charge in [0.05, 0.1) is 6.61 Å². The highest BCUT2D eigenvalue weighted by atomic mass is 32.3. The average Bonchev–Trinajstić information content (AvgIpc) is 2.65. The normalized spacial score (nSPS) is 34.6. The zero-order chi connectivity index (χ0) is 26.9. The van der Waals surface area contributed by atoms with Crippen LogP contribution in [0.4, 0.5) is 0 Å². The lowest BCUT2D eigenvalue weighted by Crippen LogP contribution is -2.66. The maximum absolute atomic E-state index is 11.1. The van der Waals surface area contributed by atoms with Crippen LogP contribution in [0.25, 0.3) is 0 Å². The van der Waals surface area contributed by atoms with Crippen molar-refractivity contribution in [3.63, 3.8) is 0 Å². The van der Waals surface area contributed by atoms with Gasteiger partial charge in [-0.05, 0) is 6.08 Å². The van der Waals surface area contributed by atoms with Crippen molar-refractivity contribution in [2.24, 2.45) is 0 Å². The van der Waals surface area contributed by atoms with Crippen LogP contribution in [0.15, 0.2) is 11.8 Å². The lowest BCUT2D eigenvalue weighted by atomic mass is 9.97. The highest BCUT2D eigenvalue weighted by Crippen LogP contribution is 2.30. The summed E-state index contributed by atoms with van der Waals surface area (Å²) < 4.78 is 122. The number of aliphatic carboxylic acids is 1. The number of carbonyl (C=O) groups is 1. The number of carboxylic acid groups (broad SMARTS) is 1. The predicted molar refractivity (Wildman–Crippen MR) is 92.6 cm³/mol. The smallest absolute Gasteiger partial charge is 0.231 e. The number of hydrogen-bond acceptors (Lipinski definition) is 19. The molecule has 0 amide bonds. The summed E-state index contributed by atoms with van der Waals surface area (Å²) in [4.78, 5) is 11.1. The van der Waals surface area contributed by atoms with Crippen LogP contribution in [0.2, 0.25) is 0 Å². The Balaban J connectivity index is 2.44. The van der Waals surface area contributed by atoms with Crippen molar-refractivity contribution in [3.05, 3.63) is 11.8 Å². The number of hydrogen-bond donors (Lipinski definition) is 4. The first-order chi connectivity index (χ1) is 15.8. The van der Waals surface area contributed by atoms with Crippen LogP contribution < -0.4 is 9.83 Å². The predicted octanol–water partition coefficient (Wildman–Crippen LogP) is -7.46.